The molecule has 0 aliphatic carbocycles. The molecule has 0 saturated carbocycles. The van der Waals surface area contributed by atoms with Crippen LogP contribution in [0.5, 0.6) is 23.0 Å². The number of hydrogen-bond donors (Lipinski definition) is 1. The smallest absolute Gasteiger partial charge is 0.271 e. The maximum atomic E-state index is 12.4. The molecule has 1 N–H and O–H groups in total. The summed E-state index contributed by atoms with van der Waals surface area (Å²) in [6.07, 6.45) is 1.49. The van der Waals surface area contributed by atoms with Crippen LogP contribution in [0.1, 0.15) is 27.0 Å². The number of carbonyl (C=O) groups excluding carboxylic acids is 1. The third kappa shape index (κ3) is 6.02. The number of nitrogens with one attached hydrogen (secondary N) is 1. The topological polar surface area (TPSA) is 102 Å². The van der Waals surface area contributed by atoms with Crippen LogP contribution in [0.25, 0.3) is 0 Å². The Bertz CT molecular complexity index is 1180. The van der Waals surface area contributed by atoms with Gasteiger partial charge in [-0.15, -0.1) is 0 Å². The number of methoxy groups -OCH3 is 3. The highest BCUT2D eigenvalue weighted by molar-refractivity contribution is 5.95. The van der Waals surface area contributed by atoms with Gasteiger partial charge >= 0.3 is 0 Å². The van der Waals surface area contributed by atoms with Crippen LogP contribution >= 0.6 is 0 Å². The van der Waals surface area contributed by atoms with Crippen LogP contribution in [-0.2, 0) is 6.61 Å². The van der Waals surface area contributed by atoms with Gasteiger partial charge in [0.1, 0.15) is 18.1 Å². The van der Waals surface area contributed by atoms with Crippen molar-refractivity contribution in [1.82, 2.24) is 5.43 Å². The second-order valence-corrected chi connectivity index (χ2v) is 6.77. The fraction of sp³-hybridized carbons (Fsp3) is 0.160. The van der Waals surface area contributed by atoms with E-state index in [9.17, 15) is 10.1 Å². The summed E-state index contributed by atoms with van der Waals surface area (Å²) in [5.74, 6) is 1.61. The molecule has 0 fully saturated rings. The molecule has 0 spiro atoms. The number of nitrogens with zero attached hydrogens (tertiary/aromatic N) is 2. The van der Waals surface area contributed by atoms with Crippen molar-refractivity contribution in [1.29, 1.82) is 5.26 Å². The van der Waals surface area contributed by atoms with Crippen molar-refractivity contribution in [3.8, 4) is 29.1 Å². The lowest BCUT2D eigenvalue weighted by Crippen LogP contribution is -2.17. The number of benzene rings is 3. The van der Waals surface area contributed by atoms with Crippen molar-refractivity contribution in [3.63, 3.8) is 0 Å². The highest BCUT2D eigenvalue weighted by atomic mass is 16.5. The van der Waals surface area contributed by atoms with Gasteiger partial charge in [-0.2, -0.15) is 10.4 Å². The van der Waals surface area contributed by atoms with Gasteiger partial charge in [-0.3, -0.25) is 4.79 Å². The summed E-state index contributed by atoms with van der Waals surface area (Å²) in [7, 11) is 4.56. The second-order valence-electron chi connectivity index (χ2n) is 6.77. The maximum absolute atomic E-state index is 12.4. The monoisotopic (exact) mass is 445 g/mol. The fourth-order valence-corrected chi connectivity index (χ4v) is 2.96. The molecule has 8 heteroatoms. The van der Waals surface area contributed by atoms with Gasteiger partial charge < -0.3 is 18.9 Å². The van der Waals surface area contributed by atoms with E-state index in [1.807, 2.05) is 12.1 Å². The highest BCUT2D eigenvalue weighted by Gasteiger charge is 2.10. The van der Waals surface area contributed by atoms with Gasteiger partial charge in [0, 0.05) is 17.2 Å². The molecular weight excluding hydrogens is 422 g/mol. The molecule has 1 amide bonds. The number of nitriles is 1. The summed E-state index contributed by atoms with van der Waals surface area (Å²) >= 11 is 0. The quantitative estimate of drug-likeness (QED) is 0.396. The standard InChI is InChI=1S/C25H23N3O5/c1-30-21-11-20(12-22(13-21)31-2)25(29)28-27-15-17-8-9-23(24(10-17)32-3)33-16-19-7-5-4-6-18(19)14-26/h4-13,15H,16H2,1-3H3,(H,28,29). The van der Waals surface area contributed by atoms with Gasteiger partial charge in [0.05, 0.1) is 39.2 Å². The van der Waals surface area contributed by atoms with E-state index in [0.717, 1.165) is 5.56 Å². The predicted molar refractivity (Wildman–Crippen MR) is 123 cm³/mol. The fourth-order valence-electron chi connectivity index (χ4n) is 2.96. The minimum Gasteiger partial charge on any atom is -0.497 e. The zero-order chi connectivity index (χ0) is 23.6. The molecule has 0 aromatic heterocycles. The molecule has 0 aliphatic heterocycles. The van der Waals surface area contributed by atoms with Gasteiger partial charge in [-0.05, 0) is 42.0 Å². The first kappa shape index (κ1) is 23.2. The van der Waals surface area contributed by atoms with E-state index in [4.69, 9.17) is 18.9 Å². The summed E-state index contributed by atoms with van der Waals surface area (Å²) in [5, 5.41) is 13.2. The lowest BCUT2D eigenvalue weighted by Gasteiger charge is -2.12. The molecule has 0 saturated heterocycles. The first-order valence-electron chi connectivity index (χ1n) is 9.93. The van der Waals surface area contributed by atoms with E-state index in [-0.39, 0.29) is 6.61 Å². The van der Waals surface area contributed by atoms with Crippen LogP contribution in [0.4, 0.5) is 0 Å². The van der Waals surface area contributed by atoms with Crippen LogP contribution in [-0.4, -0.2) is 33.5 Å². The number of hydrogen-bond acceptors (Lipinski definition) is 7. The van der Waals surface area contributed by atoms with Crippen molar-refractivity contribution in [3.05, 3.63) is 82.9 Å². The van der Waals surface area contributed by atoms with E-state index < -0.39 is 5.91 Å². The Hall–Kier alpha value is -4.51. The largest absolute Gasteiger partial charge is 0.497 e. The zero-order valence-corrected chi connectivity index (χ0v) is 18.5. The van der Waals surface area contributed by atoms with Crippen LogP contribution in [0.3, 0.4) is 0 Å². The van der Waals surface area contributed by atoms with Crippen molar-refractivity contribution >= 4 is 12.1 Å². The van der Waals surface area contributed by atoms with E-state index in [1.165, 1.54) is 27.5 Å². The first-order chi connectivity index (χ1) is 16.1. The molecule has 3 aromatic carbocycles. The lowest BCUT2D eigenvalue weighted by atomic mass is 10.1. The van der Waals surface area contributed by atoms with Gasteiger partial charge in [0.25, 0.3) is 5.91 Å². The summed E-state index contributed by atoms with van der Waals surface area (Å²) in [4.78, 5) is 12.4. The van der Waals surface area contributed by atoms with E-state index in [2.05, 4.69) is 16.6 Å². The van der Waals surface area contributed by atoms with Gasteiger partial charge in [-0.25, -0.2) is 5.43 Å². The van der Waals surface area contributed by atoms with E-state index >= 15 is 0 Å². The molecule has 0 radical (unpaired) electrons. The minimum atomic E-state index is -0.411. The molecular formula is C25H23N3O5. The predicted octanol–water partition coefficient (Wildman–Crippen LogP) is 3.93. The number of carbonyl (C=O) groups is 1. The van der Waals surface area contributed by atoms with E-state index in [0.29, 0.717) is 39.7 Å². The third-order valence-electron chi connectivity index (χ3n) is 4.70. The van der Waals surface area contributed by atoms with Crippen molar-refractivity contribution in [2.75, 3.05) is 21.3 Å². The van der Waals surface area contributed by atoms with Crippen LogP contribution in [0.15, 0.2) is 65.8 Å². The van der Waals surface area contributed by atoms with Gasteiger partial charge in [-0.1, -0.05) is 18.2 Å². The summed E-state index contributed by atoms with van der Waals surface area (Å²) in [6, 6.07) is 19.5. The molecule has 0 heterocycles. The molecule has 3 rings (SSSR count). The van der Waals surface area contributed by atoms with E-state index in [1.54, 1.807) is 48.5 Å². The zero-order valence-electron chi connectivity index (χ0n) is 18.5. The third-order valence-corrected chi connectivity index (χ3v) is 4.70. The summed E-state index contributed by atoms with van der Waals surface area (Å²) in [6.45, 7) is 0.230. The minimum absolute atomic E-state index is 0.230. The van der Waals surface area contributed by atoms with Crippen molar-refractivity contribution < 1.29 is 23.7 Å². The molecule has 0 aliphatic rings. The van der Waals surface area contributed by atoms with Gasteiger partial charge in [0.2, 0.25) is 0 Å². The Morgan fingerprint density at radius 2 is 1.70 bits per heavy atom. The molecule has 0 atom stereocenters. The number of rotatable bonds is 9. The van der Waals surface area contributed by atoms with Crippen molar-refractivity contribution in [2.24, 2.45) is 5.10 Å². The lowest BCUT2D eigenvalue weighted by molar-refractivity contribution is 0.0954. The van der Waals surface area contributed by atoms with Crippen LogP contribution in [0, 0.1) is 11.3 Å². The molecule has 0 unspecified atom stereocenters. The average molecular weight is 445 g/mol. The summed E-state index contributed by atoms with van der Waals surface area (Å²) < 4.78 is 21.6. The number of hydrazone groups is 1. The maximum Gasteiger partial charge on any atom is 0.271 e. The van der Waals surface area contributed by atoms with Gasteiger partial charge in [0.15, 0.2) is 11.5 Å². The molecule has 3 aromatic rings. The SMILES string of the molecule is COc1cc(OC)cc(C(=O)NN=Cc2ccc(OCc3ccccc3C#N)c(OC)c2)c1. The molecule has 8 nitrogen and oxygen atoms in total. The Morgan fingerprint density at radius 3 is 2.36 bits per heavy atom. The second kappa shape index (κ2) is 11.2. The Labute approximate surface area is 192 Å². The van der Waals surface area contributed by atoms with Crippen molar-refractivity contribution in [2.45, 2.75) is 6.61 Å². The van der Waals surface area contributed by atoms with Crippen LogP contribution in [0.2, 0.25) is 0 Å². The summed E-state index contributed by atoms with van der Waals surface area (Å²) in [5.41, 5.74) is 4.86. The highest BCUT2D eigenvalue weighted by Crippen LogP contribution is 2.28. The molecule has 0 bridgehead atoms. The first-order valence-corrected chi connectivity index (χ1v) is 9.93. The normalized spacial score (nSPS) is 10.4. The molecule has 168 valence electrons. The Morgan fingerprint density at radius 1 is 0.970 bits per heavy atom. The average Bonchev–Trinajstić information content (AvgIpc) is 2.87. The number of amides is 1. The van der Waals surface area contributed by atoms with Crippen LogP contribution < -0.4 is 24.4 Å². The number of ether oxygens (including phenoxy) is 4. The Kier molecular flexibility index (Phi) is 7.86. The molecule has 33 heavy (non-hydrogen) atoms. The Balaban J connectivity index is 1.67.